The lowest BCUT2D eigenvalue weighted by Crippen LogP contribution is -2.38. The van der Waals surface area contributed by atoms with Crippen LogP contribution in [0, 0.1) is 0 Å². The number of nitrogens with one attached hydrogen (secondary N) is 2. The maximum absolute atomic E-state index is 13.0. The molecular weight excluding hydrogens is 468 g/mol. The van der Waals surface area contributed by atoms with Crippen molar-refractivity contribution in [2.75, 3.05) is 11.8 Å². The number of amides is 1. The molecule has 3 rings (SSSR count). The molecule has 0 aliphatic rings. The third-order valence-electron chi connectivity index (χ3n) is 4.84. The second-order valence-electron chi connectivity index (χ2n) is 8.72. The Bertz CT molecular complexity index is 1280. The van der Waals surface area contributed by atoms with Crippen LogP contribution in [-0.2, 0) is 24.3 Å². The van der Waals surface area contributed by atoms with Crippen molar-refractivity contribution in [2.24, 2.45) is 0 Å². The van der Waals surface area contributed by atoms with E-state index >= 15 is 0 Å². The number of carbonyl (C=O) groups excluding carboxylic acids is 2. The molecule has 0 radical (unpaired) electrons. The highest BCUT2D eigenvalue weighted by Gasteiger charge is 2.27. The van der Waals surface area contributed by atoms with Crippen LogP contribution in [0.2, 0.25) is 0 Å². The summed E-state index contributed by atoms with van der Waals surface area (Å²) in [6.07, 6.45) is -0.808. The number of anilines is 1. The molecule has 2 N–H and O–H groups in total. The standard InChI is InChI=1S/C26H28N2O6S/c1-26(2,3)34-25(30)27-23(24(29)33-4)20-11-8-12-21(17-20)28-35(31,32)22-15-13-19(14-16-22)18-9-6-5-7-10-18/h5-17,23,28H,1-4H3,(H,27,30)/t23-/m0/s1. The molecule has 0 aliphatic carbocycles. The van der Waals surface area contributed by atoms with Gasteiger partial charge in [-0.3, -0.25) is 4.72 Å². The Balaban J connectivity index is 1.81. The summed E-state index contributed by atoms with van der Waals surface area (Å²) < 4.78 is 38.5. The van der Waals surface area contributed by atoms with Gasteiger partial charge in [0.25, 0.3) is 10.0 Å². The molecule has 0 saturated carbocycles. The highest BCUT2D eigenvalue weighted by molar-refractivity contribution is 7.92. The number of carbonyl (C=O) groups is 2. The summed E-state index contributed by atoms with van der Waals surface area (Å²) in [5.41, 5.74) is 1.64. The third kappa shape index (κ3) is 7.07. The van der Waals surface area contributed by atoms with E-state index in [4.69, 9.17) is 9.47 Å². The number of benzene rings is 3. The predicted octanol–water partition coefficient (Wildman–Crippen LogP) is 4.89. The van der Waals surface area contributed by atoms with Crippen molar-refractivity contribution in [1.82, 2.24) is 5.32 Å². The van der Waals surface area contributed by atoms with Gasteiger partial charge in [0.15, 0.2) is 6.04 Å². The van der Waals surface area contributed by atoms with E-state index < -0.39 is 33.7 Å². The molecular formula is C26H28N2O6S. The summed E-state index contributed by atoms with van der Waals surface area (Å²) in [5, 5.41) is 2.47. The van der Waals surface area contributed by atoms with Crippen LogP contribution in [0.4, 0.5) is 10.5 Å². The molecule has 8 nitrogen and oxygen atoms in total. The largest absolute Gasteiger partial charge is 0.467 e. The van der Waals surface area contributed by atoms with Crippen molar-refractivity contribution in [3.63, 3.8) is 0 Å². The van der Waals surface area contributed by atoms with Crippen LogP contribution in [0.25, 0.3) is 11.1 Å². The Kier molecular flexibility index (Phi) is 7.81. The van der Waals surface area contributed by atoms with Gasteiger partial charge >= 0.3 is 12.1 Å². The Labute approximate surface area is 205 Å². The number of hydrogen-bond donors (Lipinski definition) is 2. The van der Waals surface area contributed by atoms with E-state index in [1.165, 1.54) is 25.3 Å². The van der Waals surface area contributed by atoms with E-state index in [9.17, 15) is 18.0 Å². The fraction of sp³-hybridized carbons (Fsp3) is 0.231. The van der Waals surface area contributed by atoms with Crippen LogP contribution in [0.1, 0.15) is 32.4 Å². The fourth-order valence-electron chi connectivity index (χ4n) is 3.27. The van der Waals surface area contributed by atoms with E-state index in [0.29, 0.717) is 5.56 Å². The second kappa shape index (κ2) is 10.6. The Morgan fingerprint density at radius 2 is 1.49 bits per heavy atom. The van der Waals surface area contributed by atoms with Crippen molar-refractivity contribution >= 4 is 27.8 Å². The maximum Gasteiger partial charge on any atom is 0.408 e. The number of ether oxygens (including phenoxy) is 2. The summed E-state index contributed by atoms with van der Waals surface area (Å²) in [6, 6.07) is 21.1. The van der Waals surface area contributed by atoms with Gasteiger partial charge < -0.3 is 14.8 Å². The average Bonchev–Trinajstić information content (AvgIpc) is 2.81. The van der Waals surface area contributed by atoms with E-state index in [0.717, 1.165) is 11.1 Å². The van der Waals surface area contributed by atoms with Gasteiger partial charge in [0.05, 0.1) is 12.0 Å². The zero-order valence-electron chi connectivity index (χ0n) is 19.9. The zero-order chi connectivity index (χ0) is 25.6. The van der Waals surface area contributed by atoms with Gasteiger partial charge in [-0.25, -0.2) is 18.0 Å². The number of methoxy groups -OCH3 is 1. The lowest BCUT2D eigenvalue weighted by Gasteiger charge is -2.23. The fourth-order valence-corrected chi connectivity index (χ4v) is 4.32. The number of hydrogen-bond acceptors (Lipinski definition) is 6. The van der Waals surface area contributed by atoms with Crippen LogP contribution >= 0.6 is 0 Å². The van der Waals surface area contributed by atoms with Crippen LogP contribution in [-0.4, -0.2) is 33.2 Å². The highest BCUT2D eigenvalue weighted by Crippen LogP contribution is 2.24. The Morgan fingerprint density at radius 1 is 0.857 bits per heavy atom. The SMILES string of the molecule is COC(=O)[C@@H](NC(=O)OC(C)(C)C)c1cccc(NS(=O)(=O)c2ccc(-c3ccccc3)cc2)c1. The monoisotopic (exact) mass is 496 g/mol. The average molecular weight is 497 g/mol. The first-order valence-electron chi connectivity index (χ1n) is 10.8. The molecule has 0 spiro atoms. The van der Waals surface area contributed by atoms with Crippen LogP contribution < -0.4 is 10.0 Å². The first-order valence-corrected chi connectivity index (χ1v) is 12.3. The number of alkyl carbamates (subject to hydrolysis) is 1. The summed E-state index contributed by atoms with van der Waals surface area (Å²) in [5.74, 6) is -0.729. The van der Waals surface area contributed by atoms with Crippen molar-refractivity contribution < 1.29 is 27.5 Å². The summed E-state index contributed by atoms with van der Waals surface area (Å²) in [7, 11) is -2.71. The Morgan fingerprint density at radius 3 is 2.09 bits per heavy atom. The zero-order valence-corrected chi connectivity index (χ0v) is 20.8. The summed E-state index contributed by atoms with van der Waals surface area (Å²) in [4.78, 5) is 24.7. The van der Waals surface area contributed by atoms with E-state index in [-0.39, 0.29) is 10.6 Å². The molecule has 184 valence electrons. The summed E-state index contributed by atoms with van der Waals surface area (Å²) >= 11 is 0. The molecule has 0 bridgehead atoms. The Hall–Kier alpha value is -3.85. The minimum Gasteiger partial charge on any atom is -0.467 e. The van der Waals surface area contributed by atoms with E-state index in [1.807, 2.05) is 30.3 Å². The van der Waals surface area contributed by atoms with Crippen molar-refractivity contribution in [2.45, 2.75) is 37.3 Å². The van der Waals surface area contributed by atoms with Gasteiger partial charge in [-0.2, -0.15) is 0 Å². The van der Waals surface area contributed by atoms with Gasteiger partial charge in [-0.15, -0.1) is 0 Å². The molecule has 0 saturated heterocycles. The maximum atomic E-state index is 13.0. The molecule has 0 aromatic heterocycles. The lowest BCUT2D eigenvalue weighted by atomic mass is 10.1. The highest BCUT2D eigenvalue weighted by atomic mass is 32.2. The first kappa shape index (κ1) is 25.8. The van der Waals surface area contributed by atoms with Gasteiger partial charge in [0.2, 0.25) is 0 Å². The van der Waals surface area contributed by atoms with Gasteiger partial charge in [-0.05, 0) is 61.7 Å². The second-order valence-corrected chi connectivity index (χ2v) is 10.4. The van der Waals surface area contributed by atoms with E-state index in [2.05, 4.69) is 10.0 Å². The smallest absolute Gasteiger partial charge is 0.408 e. The third-order valence-corrected chi connectivity index (χ3v) is 6.24. The molecule has 1 amide bonds. The molecule has 3 aromatic carbocycles. The number of sulfonamides is 1. The van der Waals surface area contributed by atoms with E-state index in [1.54, 1.807) is 51.1 Å². The van der Waals surface area contributed by atoms with Gasteiger partial charge in [-0.1, -0.05) is 54.6 Å². The quantitative estimate of drug-likeness (QED) is 0.451. The molecule has 0 unspecified atom stereocenters. The van der Waals surface area contributed by atoms with Crippen molar-refractivity contribution in [3.8, 4) is 11.1 Å². The topological polar surface area (TPSA) is 111 Å². The van der Waals surface area contributed by atoms with Gasteiger partial charge in [0, 0.05) is 5.69 Å². The van der Waals surface area contributed by atoms with Crippen molar-refractivity contribution in [3.05, 3.63) is 84.4 Å². The molecule has 3 aromatic rings. The molecule has 9 heteroatoms. The normalized spacial score (nSPS) is 12.3. The first-order chi connectivity index (χ1) is 16.5. The summed E-state index contributed by atoms with van der Waals surface area (Å²) in [6.45, 7) is 5.09. The predicted molar refractivity (Wildman–Crippen MR) is 133 cm³/mol. The van der Waals surface area contributed by atoms with Crippen LogP contribution in [0.5, 0.6) is 0 Å². The van der Waals surface area contributed by atoms with Crippen LogP contribution in [0.3, 0.4) is 0 Å². The minimum absolute atomic E-state index is 0.0824. The van der Waals surface area contributed by atoms with Gasteiger partial charge in [0.1, 0.15) is 5.60 Å². The number of esters is 1. The number of rotatable bonds is 7. The molecule has 0 heterocycles. The van der Waals surface area contributed by atoms with Crippen LogP contribution in [0.15, 0.2) is 83.8 Å². The van der Waals surface area contributed by atoms with Crippen molar-refractivity contribution in [1.29, 1.82) is 0 Å². The minimum atomic E-state index is -3.91. The molecule has 0 fully saturated rings. The molecule has 35 heavy (non-hydrogen) atoms. The molecule has 1 atom stereocenters. The molecule has 0 aliphatic heterocycles. The lowest BCUT2D eigenvalue weighted by molar-refractivity contribution is -0.143.